The van der Waals surface area contributed by atoms with Crippen LogP contribution in [0.4, 0.5) is 0 Å². The van der Waals surface area contributed by atoms with E-state index in [0.29, 0.717) is 6.42 Å². The van der Waals surface area contributed by atoms with Gasteiger partial charge in [-0.15, -0.1) is 6.42 Å². The van der Waals surface area contributed by atoms with Crippen molar-refractivity contribution >= 4 is 0 Å². The molecule has 0 bridgehead atoms. The Hall–Kier alpha value is -1.30. The van der Waals surface area contributed by atoms with E-state index in [1.165, 1.54) is 0 Å². The van der Waals surface area contributed by atoms with Gasteiger partial charge in [0.1, 0.15) is 0 Å². The molecule has 2 atom stereocenters. The van der Waals surface area contributed by atoms with Crippen LogP contribution in [0.1, 0.15) is 32.4 Å². The van der Waals surface area contributed by atoms with Crippen LogP contribution in [0.2, 0.25) is 0 Å². The third-order valence-electron chi connectivity index (χ3n) is 2.51. The van der Waals surface area contributed by atoms with Gasteiger partial charge in [0.25, 0.3) is 0 Å². The highest BCUT2D eigenvalue weighted by molar-refractivity contribution is 5.36. The van der Waals surface area contributed by atoms with Gasteiger partial charge in [0.15, 0.2) is 0 Å². The van der Waals surface area contributed by atoms with E-state index in [-0.39, 0.29) is 6.04 Å². The molecule has 2 N–H and O–H groups in total. The molecule has 1 aromatic carbocycles. The summed E-state index contributed by atoms with van der Waals surface area (Å²) in [6.45, 7) is -1.85. The summed E-state index contributed by atoms with van der Waals surface area (Å²) in [4.78, 5) is 0. The maximum Gasteiger partial charge on any atom is 0.0811 e. The molecule has 0 radical (unpaired) electrons. The van der Waals surface area contributed by atoms with E-state index >= 15 is 0 Å². The van der Waals surface area contributed by atoms with Crippen molar-refractivity contribution in [3.8, 4) is 12.3 Å². The van der Waals surface area contributed by atoms with Crippen molar-refractivity contribution < 1.29 is 7.85 Å². The van der Waals surface area contributed by atoms with Gasteiger partial charge in [0.05, 0.1) is 15.3 Å². The topological polar surface area (TPSA) is 32.3 Å². The maximum atomic E-state index is 9.81. The van der Waals surface area contributed by atoms with Gasteiger partial charge in [0, 0.05) is 6.04 Å². The van der Waals surface area contributed by atoms with Crippen molar-refractivity contribution in [1.29, 1.82) is 0 Å². The summed E-state index contributed by atoms with van der Waals surface area (Å²) < 4.78 is 15.0. The van der Waals surface area contributed by atoms with Gasteiger partial charge >= 0.3 is 0 Å². The quantitative estimate of drug-likeness (QED) is 0.689. The third kappa shape index (κ3) is 1.52. The fraction of sp³-hybridized carbons (Fsp3) is 0.333. The summed E-state index contributed by atoms with van der Waals surface area (Å²) >= 11 is 0. The number of benzene rings is 1. The number of nitrogens with one attached hydrogen (secondary N) is 1. The van der Waals surface area contributed by atoms with Gasteiger partial charge in [0.2, 0.25) is 0 Å². The predicted octanol–water partition coefficient (Wildman–Crippen LogP) is 1.39. The van der Waals surface area contributed by atoms with Crippen LogP contribution in [0.25, 0.3) is 0 Å². The lowest BCUT2D eigenvalue weighted by atomic mass is 10.1. The lowest BCUT2D eigenvalue weighted by Crippen LogP contribution is -2.19. The van der Waals surface area contributed by atoms with Gasteiger partial charge in [-0.25, -0.2) is 0 Å². The molecular formula is C12H13NO. The van der Waals surface area contributed by atoms with Crippen LogP contribution in [0.5, 0.6) is 0 Å². The molecule has 0 saturated heterocycles. The van der Waals surface area contributed by atoms with E-state index in [9.17, 15) is 5.11 Å². The van der Waals surface area contributed by atoms with E-state index in [4.69, 9.17) is 9.16 Å². The van der Waals surface area contributed by atoms with Crippen LogP contribution in [0.15, 0.2) is 24.3 Å². The highest BCUT2D eigenvalue weighted by Gasteiger charge is 2.28. The second-order valence-corrected chi connectivity index (χ2v) is 3.35. The van der Waals surface area contributed by atoms with Crippen molar-refractivity contribution in [3.05, 3.63) is 35.4 Å². The summed E-state index contributed by atoms with van der Waals surface area (Å²) in [7, 11) is 0. The van der Waals surface area contributed by atoms with E-state index < -0.39 is 12.6 Å². The smallest absolute Gasteiger partial charge is 0.0811 e. The summed E-state index contributed by atoms with van der Waals surface area (Å²) in [6, 6.07) is 7.25. The highest BCUT2D eigenvalue weighted by atomic mass is 16.3. The third-order valence-corrected chi connectivity index (χ3v) is 2.51. The van der Waals surface area contributed by atoms with Crippen LogP contribution in [0, 0.1) is 12.3 Å². The summed E-state index contributed by atoms with van der Waals surface area (Å²) in [5.41, 5.74) is 1.78. The molecule has 1 unspecified atom stereocenters. The first-order valence-electron chi connectivity index (χ1n) is 5.56. The Bertz CT molecular complexity index is 439. The lowest BCUT2D eigenvalue weighted by Gasteiger charge is -2.10. The van der Waals surface area contributed by atoms with Crippen LogP contribution in [0.3, 0.4) is 0 Å². The zero-order chi connectivity index (χ0) is 11.8. The first-order valence-corrected chi connectivity index (χ1v) is 4.56. The second-order valence-electron chi connectivity index (χ2n) is 3.35. The van der Waals surface area contributed by atoms with Gasteiger partial charge in [-0.3, -0.25) is 5.32 Å². The molecule has 2 nitrogen and oxygen atoms in total. The molecule has 1 aliphatic carbocycles. The Morgan fingerprint density at radius 1 is 1.57 bits per heavy atom. The minimum atomic E-state index is -1.85. The fourth-order valence-corrected chi connectivity index (χ4v) is 1.87. The minimum Gasteiger partial charge on any atom is -0.388 e. The van der Waals surface area contributed by atoms with E-state index in [0.717, 1.165) is 11.1 Å². The SMILES string of the molecule is [2H]C([2H])(C#C)N[C@@H]1CC(O)c2ccccc21. The number of fused-ring (bicyclic) bond motifs is 1. The lowest BCUT2D eigenvalue weighted by molar-refractivity contribution is 0.169. The molecular weight excluding hydrogens is 174 g/mol. The average molecular weight is 189 g/mol. The van der Waals surface area contributed by atoms with Gasteiger partial charge in [-0.1, -0.05) is 30.2 Å². The number of hydrogen-bond donors (Lipinski definition) is 2. The van der Waals surface area contributed by atoms with E-state index in [1.54, 1.807) is 0 Å². The molecule has 0 aromatic heterocycles. The minimum absolute atomic E-state index is 0.225. The number of terminal acetylenes is 1. The molecule has 1 aromatic rings. The molecule has 0 saturated carbocycles. The largest absolute Gasteiger partial charge is 0.388 e. The average Bonchev–Trinajstić information content (AvgIpc) is 2.56. The van der Waals surface area contributed by atoms with Crippen molar-refractivity contribution in [1.82, 2.24) is 5.32 Å². The number of aliphatic hydroxyl groups excluding tert-OH is 1. The van der Waals surface area contributed by atoms with Crippen LogP contribution < -0.4 is 5.32 Å². The number of hydrogen-bond acceptors (Lipinski definition) is 2. The number of aliphatic hydroxyl groups is 1. The molecule has 0 aliphatic heterocycles. The van der Waals surface area contributed by atoms with Crippen molar-refractivity contribution in [2.24, 2.45) is 0 Å². The molecule has 1 aliphatic rings. The molecule has 2 rings (SSSR count). The molecule has 0 fully saturated rings. The summed E-state index contributed by atoms with van der Waals surface area (Å²) in [5, 5.41) is 12.5. The zero-order valence-corrected chi connectivity index (χ0v) is 7.70. The first-order chi connectivity index (χ1) is 7.53. The van der Waals surface area contributed by atoms with Gasteiger partial charge in [-0.05, 0) is 17.5 Å². The molecule has 2 heteroatoms. The molecule has 14 heavy (non-hydrogen) atoms. The molecule has 0 heterocycles. The monoisotopic (exact) mass is 189 g/mol. The predicted molar refractivity (Wildman–Crippen MR) is 55.6 cm³/mol. The van der Waals surface area contributed by atoms with Gasteiger partial charge in [-0.2, -0.15) is 0 Å². The Morgan fingerprint density at radius 2 is 2.29 bits per heavy atom. The molecule has 72 valence electrons. The summed E-state index contributed by atoms with van der Waals surface area (Å²) in [5.74, 6) is 2.05. The Morgan fingerprint density at radius 3 is 3.00 bits per heavy atom. The Balaban J connectivity index is 2.25. The van der Waals surface area contributed by atoms with Crippen molar-refractivity contribution in [2.45, 2.75) is 18.6 Å². The number of rotatable bonds is 2. The van der Waals surface area contributed by atoms with E-state index in [2.05, 4.69) is 11.2 Å². The normalized spacial score (nSPS) is 27.4. The van der Waals surface area contributed by atoms with Crippen LogP contribution >= 0.6 is 0 Å². The fourth-order valence-electron chi connectivity index (χ4n) is 1.87. The van der Waals surface area contributed by atoms with E-state index in [1.807, 2.05) is 24.3 Å². The zero-order valence-electron chi connectivity index (χ0n) is 9.70. The van der Waals surface area contributed by atoms with Crippen LogP contribution in [-0.2, 0) is 0 Å². The van der Waals surface area contributed by atoms with Gasteiger partial charge < -0.3 is 5.11 Å². The highest BCUT2D eigenvalue weighted by Crippen LogP contribution is 2.37. The first kappa shape index (κ1) is 7.05. The van der Waals surface area contributed by atoms with Crippen molar-refractivity contribution in [3.63, 3.8) is 0 Å². The maximum absolute atomic E-state index is 9.81. The second kappa shape index (κ2) is 3.83. The Kier molecular flexibility index (Phi) is 1.93. The standard InChI is InChI=1S/C12H13NO/c1-2-7-13-11-8-12(14)10-6-4-3-5-9(10)11/h1,3-6,11-14H,7-8H2/t11-,12?/m1/s1/i7D2. The molecule has 0 amide bonds. The van der Waals surface area contributed by atoms with Crippen LogP contribution in [-0.4, -0.2) is 11.6 Å². The molecule has 0 spiro atoms. The summed E-state index contributed by atoms with van der Waals surface area (Å²) in [6.07, 6.45) is 5.01. The van der Waals surface area contributed by atoms with Crippen molar-refractivity contribution in [2.75, 3.05) is 6.50 Å². The Labute approximate surface area is 86.8 Å².